The molecule has 3 rings (SSSR count). The fourth-order valence-electron chi connectivity index (χ4n) is 3.83. The first-order chi connectivity index (χ1) is 17.8. The summed E-state index contributed by atoms with van der Waals surface area (Å²) in [6.45, 7) is 5.26. The molecule has 1 aromatic carbocycles. The Morgan fingerprint density at radius 2 is 1.47 bits per heavy atom. The SMILES string of the molecule is O=C(C1=CC(c2ccccc2)CC(OCCOCCO)O1)N1CCOCCOCCOCCOCC1. The van der Waals surface area contributed by atoms with E-state index in [1.807, 2.05) is 36.4 Å². The van der Waals surface area contributed by atoms with Crippen molar-refractivity contribution in [3.63, 3.8) is 0 Å². The zero-order valence-corrected chi connectivity index (χ0v) is 20.9. The molecule has 202 valence electrons. The number of allylic oxidation sites excluding steroid dienone is 1. The highest BCUT2D eigenvalue weighted by molar-refractivity contribution is 5.91. The van der Waals surface area contributed by atoms with Crippen LogP contribution in [0.3, 0.4) is 0 Å². The van der Waals surface area contributed by atoms with Crippen LogP contribution in [0.4, 0.5) is 0 Å². The number of nitrogens with zero attached hydrogens (tertiary/aromatic N) is 1. The first-order valence-electron chi connectivity index (χ1n) is 12.6. The van der Waals surface area contributed by atoms with Gasteiger partial charge in [-0.15, -0.1) is 0 Å². The average Bonchev–Trinajstić information content (AvgIpc) is 2.92. The molecule has 1 saturated heterocycles. The summed E-state index contributed by atoms with van der Waals surface area (Å²) in [5.74, 6) is -0.0155. The second-order valence-electron chi connectivity index (χ2n) is 8.28. The third-order valence-electron chi connectivity index (χ3n) is 5.68. The molecule has 2 aliphatic heterocycles. The van der Waals surface area contributed by atoms with Crippen LogP contribution >= 0.6 is 0 Å². The van der Waals surface area contributed by atoms with Crippen molar-refractivity contribution in [3.8, 4) is 0 Å². The minimum atomic E-state index is -0.595. The van der Waals surface area contributed by atoms with Gasteiger partial charge >= 0.3 is 0 Å². The van der Waals surface area contributed by atoms with Crippen molar-refractivity contribution >= 4 is 5.91 Å². The number of aliphatic hydroxyl groups excluding tert-OH is 1. The van der Waals surface area contributed by atoms with Crippen molar-refractivity contribution in [1.29, 1.82) is 0 Å². The molecule has 0 aromatic heterocycles. The monoisotopic (exact) mass is 509 g/mol. The summed E-state index contributed by atoms with van der Waals surface area (Å²) in [5, 5.41) is 8.86. The topological polar surface area (TPSA) is 105 Å². The van der Waals surface area contributed by atoms with Crippen molar-refractivity contribution in [2.24, 2.45) is 0 Å². The molecule has 10 heteroatoms. The van der Waals surface area contributed by atoms with Gasteiger partial charge < -0.3 is 43.2 Å². The summed E-state index contributed by atoms with van der Waals surface area (Å²) in [6.07, 6.45) is 1.85. The molecule has 2 atom stereocenters. The maximum Gasteiger partial charge on any atom is 0.288 e. The van der Waals surface area contributed by atoms with Crippen LogP contribution in [0, 0.1) is 0 Å². The number of rotatable bonds is 8. The molecule has 1 amide bonds. The summed E-state index contributed by atoms with van der Waals surface area (Å²) < 4.78 is 39.4. The Labute approximate surface area is 213 Å². The normalized spacial score (nSPS) is 23.1. The van der Waals surface area contributed by atoms with Gasteiger partial charge in [-0.25, -0.2) is 0 Å². The maximum absolute atomic E-state index is 13.5. The third-order valence-corrected chi connectivity index (χ3v) is 5.68. The van der Waals surface area contributed by atoms with Gasteiger partial charge in [0.2, 0.25) is 6.29 Å². The fraction of sp³-hybridized carbons (Fsp3) is 0.654. The Morgan fingerprint density at radius 1 is 0.861 bits per heavy atom. The highest BCUT2D eigenvalue weighted by Gasteiger charge is 2.31. The number of hydrogen-bond acceptors (Lipinski definition) is 9. The molecule has 0 bridgehead atoms. The Kier molecular flexibility index (Phi) is 13.8. The molecule has 2 aliphatic rings. The van der Waals surface area contributed by atoms with Gasteiger partial charge in [-0.05, 0) is 11.6 Å². The lowest BCUT2D eigenvalue weighted by Gasteiger charge is -2.32. The molecule has 1 aromatic rings. The zero-order chi connectivity index (χ0) is 25.3. The van der Waals surface area contributed by atoms with Crippen molar-refractivity contribution in [3.05, 3.63) is 47.7 Å². The van der Waals surface area contributed by atoms with Crippen molar-refractivity contribution in [1.82, 2.24) is 4.90 Å². The van der Waals surface area contributed by atoms with Crippen molar-refractivity contribution in [2.45, 2.75) is 18.6 Å². The van der Waals surface area contributed by atoms with E-state index in [2.05, 4.69) is 0 Å². The van der Waals surface area contributed by atoms with Crippen molar-refractivity contribution < 1.29 is 43.1 Å². The Morgan fingerprint density at radius 3 is 2.08 bits per heavy atom. The molecule has 2 heterocycles. The van der Waals surface area contributed by atoms with Crippen LogP contribution in [0.25, 0.3) is 0 Å². The van der Waals surface area contributed by atoms with Gasteiger partial charge in [0.25, 0.3) is 5.91 Å². The van der Waals surface area contributed by atoms with Crippen molar-refractivity contribution in [2.75, 3.05) is 92.4 Å². The van der Waals surface area contributed by atoms with E-state index in [0.29, 0.717) is 85.6 Å². The lowest BCUT2D eigenvalue weighted by molar-refractivity contribution is -0.157. The molecule has 1 N–H and O–H groups in total. The third kappa shape index (κ3) is 10.5. The molecule has 0 saturated carbocycles. The number of ether oxygens (including phenoxy) is 7. The van der Waals surface area contributed by atoms with E-state index < -0.39 is 6.29 Å². The van der Waals surface area contributed by atoms with Crippen LogP contribution in [0.15, 0.2) is 42.2 Å². The Hall–Kier alpha value is -2.05. The molecule has 2 unspecified atom stereocenters. The Bertz CT molecular complexity index is 745. The predicted octanol–water partition coefficient (Wildman–Crippen LogP) is 1.33. The van der Waals surface area contributed by atoms with E-state index in [1.165, 1.54) is 0 Å². The first-order valence-corrected chi connectivity index (χ1v) is 12.6. The first kappa shape index (κ1) is 28.5. The van der Waals surface area contributed by atoms with Gasteiger partial charge in [0, 0.05) is 25.4 Å². The molecule has 10 nitrogen and oxygen atoms in total. The quantitative estimate of drug-likeness (QED) is 0.520. The van der Waals surface area contributed by atoms with E-state index >= 15 is 0 Å². The van der Waals surface area contributed by atoms with Gasteiger partial charge in [0.05, 0.1) is 79.3 Å². The van der Waals surface area contributed by atoms with Crippen LogP contribution in [0.5, 0.6) is 0 Å². The molecule has 0 radical (unpaired) electrons. The number of carbonyl (C=O) groups excluding carboxylic acids is 1. The van der Waals surface area contributed by atoms with E-state index in [1.54, 1.807) is 4.90 Å². The van der Waals surface area contributed by atoms with Crippen LogP contribution in [0.2, 0.25) is 0 Å². The minimum absolute atomic E-state index is 0.0347. The van der Waals surface area contributed by atoms with Crippen LogP contribution in [-0.2, 0) is 38.0 Å². The largest absolute Gasteiger partial charge is 0.459 e. The maximum atomic E-state index is 13.5. The second-order valence-corrected chi connectivity index (χ2v) is 8.28. The molecule has 0 aliphatic carbocycles. The fourth-order valence-corrected chi connectivity index (χ4v) is 3.83. The van der Waals surface area contributed by atoms with E-state index in [4.69, 9.17) is 38.3 Å². The van der Waals surface area contributed by atoms with Crippen LogP contribution in [-0.4, -0.2) is 115 Å². The number of aliphatic hydroxyl groups is 1. The summed E-state index contributed by atoms with van der Waals surface area (Å²) >= 11 is 0. The molecule has 1 fully saturated rings. The molecular formula is C26H39NO9. The number of amides is 1. The molecule has 0 spiro atoms. The van der Waals surface area contributed by atoms with E-state index in [0.717, 1.165) is 5.56 Å². The summed E-state index contributed by atoms with van der Waals surface area (Å²) in [5.41, 5.74) is 1.08. The highest BCUT2D eigenvalue weighted by Crippen LogP contribution is 2.32. The summed E-state index contributed by atoms with van der Waals surface area (Å²) in [7, 11) is 0. The van der Waals surface area contributed by atoms with Gasteiger partial charge in [-0.2, -0.15) is 0 Å². The van der Waals surface area contributed by atoms with E-state index in [9.17, 15) is 4.79 Å². The summed E-state index contributed by atoms with van der Waals surface area (Å²) in [6, 6.07) is 9.98. The number of carbonyl (C=O) groups is 1. The second kappa shape index (κ2) is 17.4. The standard InChI is InChI=1S/C26H39NO9/c28-8-11-32-18-19-35-25-21-23(22-4-2-1-3-5-22)20-24(36-25)26(29)27-6-9-30-12-14-33-16-17-34-15-13-31-10-7-27/h1-5,20,23,25,28H,6-19,21H2. The molecular weight excluding hydrogens is 470 g/mol. The summed E-state index contributed by atoms with van der Waals surface area (Å²) in [4.78, 5) is 15.2. The van der Waals surface area contributed by atoms with Gasteiger partial charge in [0.15, 0.2) is 5.76 Å². The van der Waals surface area contributed by atoms with Gasteiger partial charge in [-0.1, -0.05) is 30.3 Å². The van der Waals surface area contributed by atoms with Gasteiger partial charge in [0.1, 0.15) is 0 Å². The zero-order valence-electron chi connectivity index (χ0n) is 20.9. The van der Waals surface area contributed by atoms with Crippen LogP contribution < -0.4 is 0 Å². The number of benzene rings is 1. The Balaban J connectivity index is 1.66. The average molecular weight is 510 g/mol. The predicted molar refractivity (Wildman–Crippen MR) is 130 cm³/mol. The lowest BCUT2D eigenvalue weighted by Crippen LogP contribution is -2.40. The van der Waals surface area contributed by atoms with E-state index in [-0.39, 0.29) is 30.8 Å². The van der Waals surface area contributed by atoms with Gasteiger partial charge in [-0.3, -0.25) is 4.79 Å². The highest BCUT2D eigenvalue weighted by atomic mass is 16.7. The number of hydrogen-bond donors (Lipinski definition) is 1. The smallest absolute Gasteiger partial charge is 0.288 e. The lowest BCUT2D eigenvalue weighted by atomic mass is 9.93. The minimum Gasteiger partial charge on any atom is -0.459 e. The molecule has 36 heavy (non-hydrogen) atoms. The van der Waals surface area contributed by atoms with Crippen LogP contribution in [0.1, 0.15) is 17.9 Å².